The molecule has 2 atom stereocenters. The fraction of sp³-hybridized carbons (Fsp3) is 0.846. The minimum Gasteiger partial charge on any atom is -0.339 e. The quantitative estimate of drug-likeness (QED) is 0.858. The number of nitrogens with one attached hydrogen (secondary N) is 1. The Morgan fingerprint density at radius 2 is 2.00 bits per heavy atom. The van der Waals surface area contributed by atoms with Crippen LogP contribution in [-0.2, 0) is 6.42 Å². The molecule has 0 aliphatic heterocycles. The third-order valence-electron chi connectivity index (χ3n) is 3.31. The number of hydrogen-bond donors (Lipinski definition) is 1. The number of aromatic nitrogens is 2. The van der Waals surface area contributed by atoms with Crippen LogP contribution in [0.15, 0.2) is 4.52 Å². The van der Waals surface area contributed by atoms with Gasteiger partial charge in [-0.25, -0.2) is 0 Å². The first-order chi connectivity index (χ1) is 7.88. The summed E-state index contributed by atoms with van der Waals surface area (Å²) in [6.07, 6.45) is 1.82. The summed E-state index contributed by atoms with van der Waals surface area (Å²) < 4.78 is 5.31. The summed E-state index contributed by atoms with van der Waals surface area (Å²) in [6, 6.07) is 0.340. The topological polar surface area (TPSA) is 51.0 Å². The van der Waals surface area contributed by atoms with Crippen molar-refractivity contribution in [1.29, 1.82) is 0 Å². The van der Waals surface area contributed by atoms with Gasteiger partial charge in [0.25, 0.3) is 0 Å². The lowest BCUT2D eigenvalue weighted by Gasteiger charge is -2.29. The van der Waals surface area contributed by atoms with E-state index in [1.54, 1.807) is 0 Å². The molecule has 0 saturated carbocycles. The van der Waals surface area contributed by atoms with Crippen molar-refractivity contribution in [2.45, 2.75) is 59.4 Å². The van der Waals surface area contributed by atoms with Gasteiger partial charge < -0.3 is 9.84 Å². The minimum atomic E-state index is 0.180. The molecule has 0 radical (unpaired) electrons. The van der Waals surface area contributed by atoms with Crippen LogP contribution in [0.3, 0.4) is 0 Å². The zero-order valence-electron chi connectivity index (χ0n) is 11.9. The second-order valence-corrected chi connectivity index (χ2v) is 5.77. The highest BCUT2D eigenvalue weighted by Gasteiger charge is 2.25. The van der Waals surface area contributed by atoms with Crippen LogP contribution in [0.2, 0.25) is 0 Å². The summed E-state index contributed by atoms with van der Waals surface area (Å²) in [7, 11) is 1.97. The molecule has 98 valence electrons. The van der Waals surface area contributed by atoms with Gasteiger partial charge in [0.15, 0.2) is 5.82 Å². The fourth-order valence-electron chi connectivity index (χ4n) is 1.75. The van der Waals surface area contributed by atoms with Crippen molar-refractivity contribution < 1.29 is 4.52 Å². The summed E-state index contributed by atoms with van der Waals surface area (Å²) in [4.78, 5) is 4.46. The van der Waals surface area contributed by atoms with Gasteiger partial charge in [0.2, 0.25) is 5.89 Å². The van der Waals surface area contributed by atoms with Gasteiger partial charge in [-0.15, -0.1) is 0 Å². The maximum Gasteiger partial charge on any atom is 0.228 e. The lowest BCUT2D eigenvalue weighted by molar-refractivity contribution is 0.255. The molecule has 0 aliphatic rings. The van der Waals surface area contributed by atoms with Gasteiger partial charge in [0, 0.05) is 18.4 Å². The third-order valence-corrected chi connectivity index (χ3v) is 3.31. The molecule has 0 aliphatic carbocycles. The van der Waals surface area contributed by atoms with Crippen molar-refractivity contribution in [3.8, 4) is 0 Å². The highest BCUT2D eigenvalue weighted by atomic mass is 16.5. The Labute approximate surface area is 104 Å². The molecular weight excluding hydrogens is 214 g/mol. The van der Waals surface area contributed by atoms with Gasteiger partial charge in [-0.1, -0.05) is 39.8 Å². The van der Waals surface area contributed by atoms with Crippen LogP contribution in [-0.4, -0.2) is 23.2 Å². The predicted octanol–water partition coefficient (Wildman–Crippen LogP) is 2.76. The molecule has 0 saturated heterocycles. The molecule has 0 spiro atoms. The van der Waals surface area contributed by atoms with Crippen molar-refractivity contribution in [2.75, 3.05) is 7.05 Å². The van der Waals surface area contributed by atoms with Gasteiger partial charge in [-0.2, -0.15) is 4.98 Å². The maximum atomic E-state index is 5.31. The number of nitrogens with zero attached hydrogens (tertiary/aromatic N) is 2. The van der Waals surface area contributed by atoms with Crippen LogP contribution in [0, 0.1) is 5.41 Å². The Hall–Kier alpha value is -0.900. The molecule has 0 aromatic carbocycles. The van der Waals surface area contributed by atoms with Crippen LogP contribution in [0.25, 0.3) is 0 Å². The van der Waals surface area contributed by atoms with E-state index in [9.17, 15) is 0 Å². The molecular formula is C13H25N3O. The van der Waals surface area contributed by atoms with E-state index >= 15 is 0 Å². The molecule has 4 nitrogen and oxygen atoms in total. The van der Waals surface area contributed by atoms with Crippen molar-refractivity contribution in [1.82, 2.24) is 15.5 Å². The van der Waals surface area contributed by atoms with Crippen molar-refractivity contribution in [2.24, 2.45) is 5.41 Å². The Morgan fingerprint density at radius 1 is 1.35 bits per heavy atom. The lowest BCUT2D eigenvalue weighted by Crippen LogP contribution is -2.39. The van der Waals surface area contributed by atoms with Crippen molar-refractivity contribution >= 4 is 0 Å². The molecule has 4 heteroatoms. The standard InChI is InChI=1S/C13H25N3O/c1-7-9(2)12-15-11(17-16-12)8-10(14-6)13(3,4)5/h9-10,14H,7-8H2,1-6H3. The Kier molecular flexibility index (Phi) is 4.69. The largest absolute Gasteiger partial charge is 0.339 e. The number of rotatable bonds is 5. The second kappa shape index (κ2) is 5.63. The molecule has 1 N–H and O–H groups in total. The van der Waals surface area contributed by atoms with Gasteiger partial charge in [-0.05, 0) is 18.9 Å². The summed E-state index contributed by atoms with van der Waals surface area (Å²) in [5, 5.41) is 7.36. The Morgan fingerprint density at radius 3 is 2.47 bits per heavy atom. The van der Waals surface area contributed by atoms with Crippen LogP contribution in [0.1, 0.15) is 58.7 Å². The monoisotopic (exact) mass is 239 g/mol. The minimum absolute atomic E-state index is 0.180. The maximum absolute atomic E-state index is 5.31. The molecule has 1 aromatic rings. The average molecular weight is 239 g/mol. The van der Waals surface area contributed by atoms with E-state index in [-0.39, 0.29) is 5.41 Å². The molecule has 1 aromatic heterocycles. The first-order valence-electron chi connectivity index (χ1n) is 6.38. The van der Waals surface area contributed by atoms with Crippen LogP contribution >= 0.6 is 0 Å². The van der Waals surface area contributed by atoms with Crippen molar-refractivity contribution in [3.05, 3.63) is 11.7 Å². The van der Waals surface area contributed by atoms with Crippen LogP contribution < -0.4 is 5.32 Å². The molecule has 2 unspecified atom stereocenters. The molecule has 0 bridgehead atoms. The van der Waals surface area contributed by atoms with Gasteiger partial charge in [0.05, 0.1) is 0 Å². The predicted molar refractivity (Wildman–Crippen MR) is 69.0 cm³/mol. The van der Waals surface area contributed by atoms with E-state index in [1.165, 1.54) is 0 Å². The van der Waals surface area contributed by atoms with E-state index in [2.05, 4.69) is 50.1 Å². The average Bonchev–Trinajstić information content (AvgIpc) is 2.71. The van der Waals surface area contributed by atoms with E-state index < -0.39 is 0 Å². The Bertz CT molecular complexity index is 341. The Balaban J connectivity index is 2.71. The number of hydrogen-bond acceptors (Lipinski definition) is 4. The molecule has 17 heavy (non-hydrogen) atoms. The highest BCUT2D eigenvalue weighted by molar-refractivity contribution is 4.96. The first-order valence-corrected chi connectivity index (χ1v) is 6.38. The summed E-state index contributed by atoms with van der Waals surface area (Å²) in [5.74, 6) is 1.93. The molecule has 1 rings (SSSR count). The summed E-state index contributed by atoms with van der Waals surface area (Å²) >= 11 is 0. The van der Waals surface area contributed by atoms with Crippen molar-refractivity contribution in [3.63, 3.8) is 0 Å². The zero-order valence-corrected chi connectivity index (χ0v) is 11.9. The van der Waals surface area contributed by atoms with E-state index in [4.69, 9.17) is 4.52 Å². The van der Waals surface area contributed by atoms with Gasteiger partial charge in [-0.3, -0.25) is 0 Å². The molecule has 1 heterocycles. The van der Waals surface area contributed by atoms with E-state index in [0.29, 0.717) is 12.0 Å². The summed E-state index contributed by atoms with van der Waals surface area (Å²) in [5.41, 5.74) is 0.180. The van der Waals surface area contributed by atoms with Crippen LogP contribution in [0.4, 0.5) is 0 Å². The number of likely N-dealkylation sites (N-methyl/N-ethyl adjacent to an activating group) is 1. The first kappa shape index (κ1) is 14.2. The molecule has 0 fully saturated rings. The SMILES string of the molecule is CCC(C)c1noc(CC(NC)C(C)(C)C)n1. The highest BCUT2D eigenvalue weighted by Crippen LogP contribution is 2.22. The third kappa shape index (κ3) is 3.80. The van der Waals surface area contributed by atoms with E-state index in [0.717, 1.165) is 24.6 Å². The van der Waals surface area contributed by atoms with Gasteiger partial charge in [0.1, 0.15) is 0 Å². The lowest BCUT2D eigenvalue weighted by atomic mass is 9.85. The fourth-order valence-corrected chi connectivity index (χ4v) is 1.75. The zero-order chi connectivity index (χ0) is 13.1. The normalized spacial score (nSPS) is 15.9. The summed E-state index contributed by atoms with van der Waals surface area (Å²) in [6.45, 7) is 10.9. The second-order valence-electron chi connectivity index (χ2n) is 5.77. The van der Waals surface area contributed by atoms with Gasteiger partial charge >= 0.3 is 0 Å². The molecule has 0 amide bonds. The van der Waals surface area contributed by atoms with Crippen LogP contribution in [0.5, 0.6) is 0 Å². The smallest absolute Gasteiger partial charge is 0.228 e. The van der Waals surface area contributed by atoms with E-state index in [1.807, 2.05) is 7.05 Å².